The van der Waals surface area contributed by atoms with E-state index >= 15 is 0 Å². The first-order chi connectivity index (χ1) is 12.5. The molecule has 0 spiro atoms. The van der Waals surface area contributed by atoms with Crippen LogP contribution in [0.2, 0.25) is 0 Å². The summed E-state index contributed by atoms with van der Waals surface area (Å²) >= 11 is 0. The molecule has 0 atom stereocenters. The molecule has 1 aliphatic rings. The minimum atomic E-state index is -0.357. The Morgan fingerprint density at radius 1 is 1.15 bits per heavy atom. The first-order valence-electron chi connectivity index (χ1n) is 8.52. The lowest BCUT2D eigenvalue weighted by atomic mass is 9.88. The van der Waals surface area contributed by atoms with Crippen LogP contribution in [0.4, 0.5) is 4.39 Å². The van der Waals surface area contributed by atoms with Crippen molar-refractivity contribution in [1.82, 2.24) is 29.9 Å². The van der Waals surface area contributed by atoms with Crippen LogP contribution in [0.15, 0.2) is 36.8 Å². The van der Waals surface area contributed by atoms with Gasteiger partial charge in [0.25, 0.3) is 0 Å². The van der Waals surface area contributed by atoms with Gasteiger partial charge in [-0.15, -0.1) is 0 Å². The summed E-state index contributed by atoms with van der Waals surface area (Å²) in [6.07, 6.45) is 5.69. The van der Waals surface area contributed by atoms with Crippen LogP contribution in [0.3, 0.4) is 0 Å². The van der Waals surface area contributed by atoms with Gasteiger partial charge in [0, 0.05) is 29.4 Å². The first-order valence-corrected chi connectivity index (χ1v) is 8.52. The Hall–Kier alpha value is -3.09. The van der Waals surface area contributed by atoms with Gasteiger partial charge >= 0.3 is 0 Å². The maximum Gasteiger partial charge on any atom is 0.155 e. The molecule has 1 N–H and O–H groups in total. The highest BCUT2D eigenvalue weighted by Crippen LogP contribution is 2.43. The third kappa shape index (κ3) is 2.23. The number of aromatic amines is 1. The molecule has 0 bridgehead atoms. The Morgan fingerprint density at radius 3 is 2.85 bits per heavy atom. The summed E-state index contributed by atoms with van der Waals surface area (Å²) in [4.78, 5) is 8.60. The van der Waals surface area contributed by atoms with Crippen molar-refractivity contribution in [3.63, 3.8) is 0 Å². The van der Waals surface area contributed by atoms with Crippen molar-refractivity contribution in [2.24, 2.45) is 5.41 Å². The molecule has 0 radical (unpaired) electrons. The zero-order valence-electron chi connectivity index (χ0n) is 14.5. The Balaban J connectivity index is 1.80. The summed E-state index contributed by atoms with van der Waals surface area (Å²) in [7, 11) is 0. The summed E-state index contributed by atoms with van der Waals surface area (Å²) in [5, 5.41) is 12.8. The van der Waals surface area contributed by atoms with Crippen molar-refractivity contribution in [3.8, 4) is 22.5 Å². The molecule has 1 aliphatic heterocycles. The fraction of sp³-hybridized carbons (Fsp3) is 0.263. The van der Waals surface area contributed by atoms with Crippen molar-refractivity contribution in [3.05, 3.63) is 48.3 Å². The molecule has 5 rings (SSSR count). The van der Waals surface area contributed by atoms with Crippen LogP contribution in [0.1, 0.15) is 19.5 Å². The number of halogens is 1. The van der Waals surface area contributed by atoms with E-state index in [-0.39, 0.29) is 11.2 Å². The van der Waals surface area contributed by atoms with Crippen LogP contribution in [0.25, 0.3) is 33.5 Å². The average Bonchev–Trinajstić information content (AvgIpc) is 3.27. The number of nitrogens with one attached hydrogen (secondary N) is 1. The minimum absolute atomic E-state index is 0.147. The molecule has 26 heavy (non-hydrogen) atoms. The number of nitrogens with zero attached hydrogens (tertiary/aromatic N) is 5. The maximum atomic E-state index is 13.3. The van der Waals surface area contributed by atoms with E-state index in [1.54, 1.807) is 18.5 Å². The molecule has 0 aromatic carbocycles. The molecule has 0 saturated carbocycles. The highest BCUT2D eigenvalue weighted by molar-refractivity contribution is 5.97. The highest BCUT2D eigenvalue weighted by Gasteiger charge is 2.35. The van der Waals surface area contributed by atoms with Gasteiger partial charge in [-0.05, 0) is 35.6 Å². The van der Waals surface area contributed by atoms with Crippen molar-refractivity contribution < 1.29 is 4.39 Å². The van der Waals surface area contributed by atoms with E-state index in [9.17, 15) is 4.39 Å². The molecule has 0 amide bonds. The average molecular weight is 348 g/mol. The van der Waals surface area contributed by atoms with Gasteiger partial charge in [0.15, 0.2) is 5.65 Å². The van der Waals surface area contributed by atoms with Crippen LogP contribution in [0.5, 0.6) is 0 Å². The van der Waals surface area contributed by atoms with Crippen LogP contribution >= 0.6 is 0 Å². The summed E-state index contributed by atoms with van der Waals surface area (Å²) < 4.78 is 15.4. The zero-order chi connectivity index (χ0) is 17.9. The van der Waals surface area contributed by atoms with Crippen LogP contribution in [-0.4, -0.2) is 29.9 Å². The fourth-order valence-electron chi connectivity index (χ4n) is 3.77. The molecule has 0 aliphatic carbocycles. The van der Waals surface area contributed by atoms with Gasteiger partial charge in [0.1, 0.15) is 11.5 Å². The lowest BCUT2D eigenvalue weighted by Crippen LogP contribution is -2.13. The lowest BCUT2D eigenvalue weighted by molar-refractivity contribution is 0.347. The standard InChI is InChI=1S/C19H17FN6/c1-19(2)7-15-16(12-5-6-21-18-13(12)9-23-24-18)17(25-26(15)10-19)14-4-3-11(20)8-22-14/h3-6,8-9H,7,10H2,1-2H3,(H,21,23,24). The van der Waals surface area contributed by atoms with Crippen molar-refractivity contribution in [1.29, 1.82) is 0 Å². The Bertz CT molecular complexity index is 1120. The quantitative estimate of drug-likeness (QED) is 0.601. The Labute approximate surface area is 149 Å². The highest BCUT2D eigenvalue weighted by atomic mass is 19.1. The van der Waals surface area contributed by atoms with Gasteiger partial charge in [-0.25, -0.2) is 9.37 Å². The normalized spacial score (nSPS) is 15.5. The number of fused-ring (bicyclic) bond motifs is 2. The molecule has 0 saturated heterocycles. The number of pyridine rings is 2. The van der Waals surface area contributed by atoms with E-state index in [1.165, 1.54) is 18.0 Å². The number of rotatable bonds is 2. The third-order valence-corrected chi connectivity index (χ3v) is 4.88. The molecular formula is C19H17FN6. The Morgan fingerprint density at radius 2 is 2.04 bits per heavy atom. The van der Waals surface area contributed by atoms with Crippen molar-refractivity contribution >= 4 is 11.0 Å². The molecule has 6 nitrogen and oxygen atoms in total. The van der Waals surface area contributed by atoms with E-state index in [2.05, 4.69) is 38.7 Å². The smallest absolute Gasteiger partial charge is 0.155 e. The zero-order valence-corrected chi connectivity index (χ0v) is 14.5. The lowest BCUT2D eigenvalue weighted by Gasteiger charge is -2.15. The number of hydrogen-bond acceptors (Lipinski definition) is 4. The molecule has 5 heterocycles. The van der Waals surface area contributed by atoms with Gasteiger partial charge in [-0.2, -0.15) is 10.2 Å². The second-order valence-electron chi connectivity index (χ2n) is 7.52. The number of H-pyrrole nitrogens is 1. The molecule has 0 fully saturated rings. The monoisotopic (exact) mass is 348 g/mol. The van der Waals surface area contributed by atoms with Crippen LogP contribution in [0, 0.1) is 11.2 Å². The molecule has 130 valence electrons. The number of aromatic nitrogens is 6. The van der Waals surface area contributed by atoms with Gasteiger partial charge in [-0.3, -0.25) is 14.8 Å². The predicted octanol–water partition coefficient (Wildman–Crippen LogP) is 3.60. The summed E-state index contributed by atoms with van der Waals surface area (Å²) in [6, 6.07) is 5.07. The second kappa shape index (κ2) is 5.20. The molecule has 0 unspecified atom stereocenters. The first kappa shape index (κ1) is 15.2. The SMILES string of the molecule is CC1(C)Cc2c(-c3ccnc4[nH]ncc34)c(-c3ccc(F)cn3)nn2C1. The Kier molecular flexibility index (Phi) is 3.04. The molecule has 4 aromatic heterocycles. The van der Waals surface area contributed by atoms with E-state index < -0.39 is 0 Å². The summed E-state index contributed by atoms with van der Waals surface area (Å²) in [6.45, 7) is 5.32. The summed E-state index contributed by atoms with van der Waals surface area (Å²) in [5.41, 5.74) is 5.53. The van der Waals surface area contributed by atoms with Crippen LogP contribution < -0.4 is 0 Å². The van der Waals surface area contributed by atoms with Crippen molar-refractivity contribution in [2.75, 3.05) is 0 Å². The maximum absolute atomic E-state index is 13.3. The number of hydrogen-bond donors (Lipinski definition) is 1. The summed E-state index contributed by atoms with van der Waals surface area (Å²) in [5.74, 6) is -0.357. The van der Waals surface area contributed by atoms with E-state index in [1.807, 2.05) is 6.07 Å². The van der Waals surface area contributed by atoms with E-state index in [0.717, 1.165) is 40.8 Å². The molecule has 4 aromatic rings. The molecule has 7 heteroatoms. The van der Waals surface area contributed by atoms with Gasteiger partial charge in [-0.1, -0.05) is 13.8 Å². The van der Waals surface area contributed by atoms with Crippen LogP contribution in [-0.2, 0) is 13.0 Å². The van der Waals surface area contributed by atoms with Gasteiger partial charge in [0.2, 0.25) is 0 Å². The largest absolute Gasteiger partial charge is 0.268 e. The van der Waals surface area contributed by atoms with E-state index in [4.69, 9.17) is 5.10 Å². The molecular weight excluding hydrogens is 331 g/mol. The third-order valence-electron chi connectivity index (χ3n) is 4.88. The predicted molar refractivity (Wildman–Crippen MR) is 95.8 cm³/mol. The van der Waals surface area contributed by atoms with Crippen molar-refractivity contribution in [2.45, 2.75) is 26.8 Å². The fourth-order valence-corrected chi connectivity index (χ4v) is 3.77. The van der Waals surface area contributed by atoms with Gasteiger partial charge < -0.3 is 0 Å². The topological polar surface area (TPSA) is 72.3 Å². The van der Waals surface area contributed by atoms with Gasteiger partial charge in [0.05, 0.1) is 18.1 Å². The van der Waals surface area contributed by atoms with E-state index in [0.29, 0.717) is 5.69 Å². The minimum Gasteiger partial charge on any atom is -0.268 e. The second-order valence-corrected chi connectivity index (χ2v) is 7.52.